The predicted octanol–water partition coefficient (Wildman–Crippen LogP) is 2.20. The molecule has 0 aromatic carbocycles. The van der Waals surface area contributed by atoms with Crippen molar-refractivity contribution in [3.05, 3.63) is 16.6 Å². The minimum atomic E-state index is 0.702. The molecule has 1 saturated heterocycles. The highest BCUT2D eigenvalue weighted by molar-refractivity contribution is 7.07. The second-order valence-corrected chi connectivity index (χ2v) is 6.40. The van der Waals surface area contributed by atoms with Gasteiger partial charge in [-0.25, -0.2) is 4.98 Å². The lowest BCUT2D eigenvalue weighted by atomic mass is 9.85. The van der Waals surface area contributed by atoms with Gasteiger partial charge in [-0.3, -0.25) is 0 Å². The van der Waals surface area contributed by atoms with Crippen LogP contribution in [-0.2, 0) is 6.42 Å². The summed E-state index contributed by atoms with van der Waals surface area (Å²) >= 11 is 1.69. The molecule has 4 heteroatoms. The number of thiazole rings is 1. The molecule has 18 heavy (non-hydrogen) atoms. The smallest absolute Gasteiger partial charge is 0.0794 e. The van der Waals surface area contributed by atoms with Crippen molar-refractivity contribution in [2.45, 2.75) is 50.6 Å². The maximum atomic E-state index is 4.31. The summed E-state index contributed by atoms with van der Waals surface area (Å²) in [4.78, 5) is 4.31. The Labute approximate surface area is 113 Å². The minimum absolute atomic E-state index is 0.702. The van der Waals surface area contributed by atoms with Crippen molar-refractivity contribution in [3.63, 3.8) is 0 Å². The molecule has 2 fully saturated rings. The molecule has 1 aromatic rings. The monoisotopic (exact) mass is 265 g/mol. The van der Waals surface area contributed by atoms with E-state index in [4.69, 9.17) is 0 Å². The van der Waals surface area contributed by atoms with E-state index in [1.54, 1.807) is 11.3 Å². The van der Waals surface area contributed by atoms with Crippen molar-refractivity contribution < 1.29 is 0 Å². The van der Waals surface area contributed by atoms with Gasteiger partial charge < -0.3 is 10.6 Å². The van der Waals surface area contributed by atoms with E-state index < -0.39 is 0 Å². The van der Waals surface area contributed by atoms with Gasteiger partial charge in [0, 0.05) is 37.0 Å². The largest absolute Gasteiger partial charge is 0.315 e. The number of rotatable bonds is 5. The lowest BCUT2D eigenvalue weighted by Gasteiger charge is -2.24. The summed E-state index contributed by atoms with van der Waals surface area (Å²) in [6.07, 6.45) is 8.18. The van der Waals surface area contributed by atoms with E-state index >= 15 is 0 Å². The van der Waals surface area contributed by atoms with Gasteiger partial charge in [-0.15, -0.1) is 11.3 Å². The Bertz CT molecular complexity index is 338. The summed E-state index contributed by atoms with van der Waals surface area (Å²) in [5, 5.41) is 9.53. The van der Waals surface area contributed by atoms with Crippen LogP contribution in [0.4, 0.5) is 0 Å². The van der Waals surface area contributed by atoms with E-state index in [-0.39, 0.29) is 0 Å². The molecule has 100 valence electrons. The Kier molecular flexibility index (Phi) is 4.28. The predicted molar refractivity (Wildman–Crippen MR) is 76.0 cm³/mol. The van der Waals surface area contributed by atoms with Crippen molar-refractivity contribution in [2.24, 2.45) is 5.92 Å². The third-order valence-electron chi connectivity index (χ3n) is 4.38. The zero-order valence-corrected chi connectivity index (χ0v) is 11.7. The van der Waals surface area contributed by atoms with Gasteiger partial charge in [0.05, 0.1) is 11.2 Å². The maximum absolute atomic E-state index is 4.31. The Morgan fingerprint density at radius 3 is 3.17 bits per heavy atom. The van der Waals surface area contributed by atoms with E-state index in [2.05, 4.69) is 21.0 Å². The van der Waals surface area contributed by atoms with Crippen LogP contribution >= 0.6 is 11.3 Å². The van der Waals surface area contributed by atoms with Crippen molar-refractivity contribution in [1.29, 1.82) is 0 Å². The second kappa shape index (κ2) is 6.13. The van der Waals surface area contributed by atoms with Crippen LogP contribution in [0.3, 0.4) is 0 Å². The Hall–Kier alpha value is -0.450. The molecule has 1 saturated carbocycles. The first-order chi connectivity index (χ1) is 8.92. The van der Waals surface area contributed by atoms with Crippen LogP contribution in [0, 0.1) is 5.92 Å². The fourth-order valence-electron chi connectivity index (χ4n) is 3.44. The number of aromatic nitrogens is 1. The summed E-state index contributed by atoms with van der Waals surface area (Å²) in [5.74, 6) is 0.962. The highest BCUT2D eigenvalue weighted by atomic mass is 32.1. The molecule has 3 rings (SSSR count). The van der Waals surface area contributed by atoms with Crippen LogP contribution in [0.25, 0.3) is 0 Å². The fourth-order valence-corrected chi connectivity index (χ4v) is 4.03. The molecule has 1 aliphatic heterocycles. The van der Waals surface area contributed by atoms with E-state index in [0.717, 1.165) is 31.5 Å². The van der Waals surface area contributed by atoms with Crippen molar-refractivity contribution in [1.82, 2.24) is 15.6 Å². The van der Waals surface area contributed by atoms with Gasteiger partial charge in [0.1, 0.15) is 0 Å². The van der Waals surface area contributed by atoms with Gasteiger partial charge >= 0.3 is 0 Å². The van der Waals surface area contributed by atoms with Gasteiger partial charge in [0.2, 0.25) is 0 Å². The Morgan fingerprint density at radius 1 is 1.39 bits per heavy atom. The molecule has 2 N–H and O–H groups in total. The van der Waals surface area contributed by atoms with Gasteiger partial charge in [0.15, 0.2) is 0 Å². The Morgan fingerprint density at radius 2 is 2.33 bits per heavy atom. The standard InChI is InChI=1S/C14H23N3S/c1-2-4-14-11(3-1)7-13(17-14)8-15-6-5-12-9-18-10-16-12/h9-11,13-15,17H,1-8H2. The SMILES string of the molecule is c1nc(CCNCC2CC3CCCCC3N2)cs1. The van der Waals surface area contributed by atoms with Crippen LogP contribution in [0.15, 0.2) is 10.9 Å². The van der Waals surface area contributed by atoms with Crippen LogP contribution in [0.2, 0.25) is 0 Å². The molecule has 0 bridgehead atoms. The minimum Gasteiger partial charge on any atom is -0.315 e. The highest BCUT2D eigenvalue weighted by Crippen LogP contribution is 2.32. The van der Waals surface area contributed by atoms with Crippen LogP contribution in [0.1, 0.15) is 37.8 Å². The summed E-state index contributed by atoms with van der Waals surface area (Å²) in [6.45, 7) is 2.17. The zero-order valence-electron chi connectivity index (χ0n) is 10.9. The first kappa shape index (κ1) is 12.6. The molecule has 0 spiro atoms. The van der Waals surface area contributed by atoms with Gasteiger partial charge in [0.25, 0.3) is 0 Å². The van der Waals surface area contributed by atoms with Crippen molar-refractivity contribution >= 4 is 11.3 Å². The second-order valence-electron chi connectivity index (χ2n) is 5.68. The van der Waals surface area contributed by atoms with E-state index in [1.165, 1.54) is 37.8 Å². The summed E-state index contributed by atoms with van der Waals surface area (Å²) in [7, 11) is 0. The first-order valence-corrected chi connectivity index (χ1v) is 8.20. The summed E-state index contributed by atoms with van der Waals surface area (Å²) in [5.41, 5.74) is 3.14. The quantitative estimate of drug-likeness (QED) is 0.801. The average Bonchev–Trinajstić information content (AvgIpc) is 3.03. The molecule has 1 aliphatic carbocycles. The molecule has 0 radical (unpaired) electrons. The molecule has 3 atom stereocenters. The molecular weight excluding hydrogens is 242 g/mol. The Balaban J connectivity index is 1.34. The maximum Gasteiger partial charge on any atom is 0.0794 e. The lowest BCUT2D eigenvalue weighted by molar-refractivity contribution is 0.325. The number of nitrogens with zero attached hydrogens (tertiary/aromatic N) is 1. The molecule has 2 heterocycles. The van der Waals surface area contributed by atoms with E-state index in [0.29, 0.717) is 6.04 Å². The lowest BCUT2D eigenvalue weighted by Crippen LogP contribution is -2.39. The number of hydrogen-bond donors (Lipinski definition) is 2. The molecule has 2 aliphatic rings. The van der Waals surface area contributed by atoms with E-state index in [1.807, 2.05) is 5.51 Å². The molecule has 3 unspecified atom stereocenters. The highest BCUT2D eigenvalue weighted by Gasteiger charge is 2.34. The average molecular weight is 265 g/mol. The summed E-state index contributed by atoms with van der Waals surface area (Å²) < 4.78 is 0. The normalized spacial score (nSPS) is 31.4. The third-order valence-corrected chi connectivity index (χ3v) is 5.01. The third kappa shape index (κ3) is 3.11. The number of fused-ring (bicyclic) bond motifs is 1. The topological polar surface area (TPSA) is 37.0 Å². The molecule has 0 amide bonds. The molecule has 3 nitrogen and oxygen atoms in total. The van der Waals surface area contributed by atoms with Crippen molar-refractivity contribution in [2.75, 3.05) is 13.1 Å². The number of hydrogen-bond acceptors (Lipinski definition) is 4. The molecular formula is C14H23N3S. The van der Waals surface area contributed by atoms with Gasteiger partial charge in [-0.1, -0.05) is 12.8 Å². The molecule has 1 aromatic heterocycles. The van der Waals surface area contributed by atoms with Crippen LogP contribution < -0.4 is 10.6 Å². The number of nitrogens with one attached hydrogen (secondary N) is 2. The van der Waals surface area contributed by atoms with E-state index in [9.17, 15) is 0 Å². The van der Waals surface area contributed by atoms with Crippen LogP contribution in [0.5, 0.6) is 0 Å². The van der Waals surface area contributed by atoms with Gasteiger partial charge in [-0.2, -0.15) is 0 Å². The van der Waals surface area contributed by atoms with Crippen molar-refractivity contribution in [3.8, 4) is 0 Å². The van der Waals surface area contributed by atoms with Crippen LogP contribution in [-0.4, -0.2) is 30.2 Å². The first-order valence-electron chi connectivity index (χ1n) is 7.25. The zero-order chi connectivity index (χ0) is 12.2. The summed E-state index contributed by atoms with van der Waals surface area (Å²) in [6, 6.07) is 1.53. The van der Waals surface area contributed by atoms with Gasteiger partial charge in [-0.05, 0) is 25.2 Å². The fraction of sp³-hybridized carbons (Fsp3) is 0.786.